The molecule has 1 aromatic rings. The zero-order chi connectivity index (χ0) is 15.3. The number of methoxy groups -OCH3 is 1. The van der Waals surface area contributed by atoms with Crippen LogP contribution in [0.2, 0.25) is 0 Å². The molecule has 22 heavy (non-hydrogen) atoms. The standard InChI is InChI=1S/C19H20O3/c1-19-9-8-13-14-7-6-12(21-2)10-17(14)22-11-15(13)16(19)4-3-5-18(19)20/h4,6-7,10H,3,5,8-9,11H2,1-2H3/t19-/m0/s1. The summed E-state index contributed by atoms with van der Waals surface area (Å²) >= 11 is 0. The maximum atomic E-state index is 12.4. The van der Waals surface area contributed by atoms with Crippen molar-refractivity contribution >= 4 is 11.4 Å². The van der Waals surface area contributed by atoms with Gasteiger partial charge >= 0.3 is 0 Å². The summed E-state index contributed by atoms with van der Waals surface area (Å²) in [5.74, 6) is 2.09. The van der Waals surface area contributed by atoms with Crippen molar-refractivity contribution in [3.05, 3.63) is 41.0 Å². The van der Waals surface area contributed by atoms with E-state index in [1.807, 2.05) is 12.1 Å². The van der Waals surface area contributed by atoms with E-state index in [0.717, 1.165) is 36.3 Å². The fraction of sp³-hybridized carbons (Fsp3) is 0.421. The average Bonchev–Trinajstić information content (AvgIpc) is 2.55. The van der Waals surface area contributed by atoms with Crippen molar-refractivity contribution in [3.8, 4) is 11.5 Å². The van der Waals surface area contributed by atoms with Crippen LogP contribution in [-0.4, -0.2) is 19.5 Å². The summed E-state index contributed by atoms with van der Waals surface area (Å²) in [5, 5.41) is 0. The number of ketones is 1. The van der Waals surface area contributed by atoms with E-state index >= 15 is 0 Å². The minimum atomic E-state index is -0.301. The van der Waals surface area contributed by atoms with Crippen LogP contribution in [-0.2, 0) is 4.79 Å². The van der Waals surface area contributed by atoms with E-state index in [2.05, 4.69) is 19.1 Å². The van der Waals surface area contributed by atoms with Gasteiger partial charge in [-0.2, -0.15) is 0 Å². The van der Waals surface area contributed by atoms with Crippen molar-refractivity contribution < 1.29 is 14.3 Å². The van der Waals surface area contributed by atoms with Gasteiger partial charge in [-0.3, -0.25) is 4.79 Å². The van der Waals surface area contributed by atoms with Gasteiger partial charge in [0, 0.05) is 18.1 Å². The van der Waals surface area contributed by atoms with Crippen molar-refractivity contribution in [2.45, 2.75) is 32.6 Å². The number of carbonyl (C=O) groups is 1. The van der Waals surface area contributed by atoms with E-state index in [9.17, 15) is 4.79 Å². The Bertz CT molecular complexity index is 726. The number of fused-ring (bicyclic) bond motifs is 4. The first-order chi connectivity index (χ1) is 10.6. The lowest BCUT2D eigenvalue weighted by atomic mass is 9.62. The van der Waals surface area contributed by atoms with Crippen LogP contribution in [0.1, 0.15) is 38.2 Å². The van der Waals surface area contributed by atoms with Gasteiger partial charge < -0.3 is 9.47 Å². The van der Waals surface area contributed by atoms with Crippen LogP contribution in [0.3, 0.4) is 0 Å². The van der Waals surface area contributed by atoms with Gasteiger partial charge in [-0.15, -0.1) is 0 Å². The Balaban J connectivity index is 1.85. The number of hydrogen-bond donors (Lipinski definition) is 0. The molecule has 1 aromatic carbocycles. The first kappa shape index (κ1) is 13.6. The highest BCUT2D eigenvalue weighted by molar-refractivity contribution is 5.94. The van der Waals surface area contributed by atoms with Gasteiger partial charge in [0.1, 0.15) is 23.9 Å². The predicted octanol–water partition coefficient (Wildman–Crippen LogP) is 3.93. The van der Waals surface area contributed by atoms with Gasteiger partial charge in [0.25, 0.3) is 0 Å². The molecule has 0 saturated carbocycles. The SMILES string of the molecule is COc1ccc2c(c1)OCC1=C2CC[C@]2(C)C(=O)CCC=C12. The number of ether oxygens (including phenoxy) is 2. The van der Waals surface area contributed by atoms with Crippen molar-refractivity contribution in [2.24, 2.45) is 5.41 Å². The highest BCUT2D eigenvalue weighted by Gasteiger charge is 2.44. The number of benzene rings is 1. The summed E-state index contributed by atoms with van der Waals surface area (Å²) in [6.07, 6.45) is 5.64. The second-order valence-corrected chi connectivity index (χ2v) is 6.52. The fourth-order valence-corrected chi connectivity index (χ4v) is 4.03. The van der Waals surface area contributed by atoms with Crippen molar-refractivity contribution in [1.82, 2.24) is 0 Å². The van der Waals surface area contributed by atoms with Crippen LogP contribution in [0.25, 0.3) is 5.57 Å². The summed E-state index contributed by atoms with van der Waals surface area (Å²) in [6, 6.07) is 6.01. The lowest BCUT2D eigenvalue weighted by Gasteiger charge is -2.42. The van der Waals surface area contributed by atoms with Gasteiger partial charge in [0.15, 0.2) is 0 Å². The quantitative estimate of drug-likeness (QED) is 0.787. The second kappa shape index (κ2) is 4.73. The third kappa shape index (κ3) is 1.78. The zero-order valence-corrected chi connectivity index (χ0v) is 13.1. The molecule has 3 aliphatic rings. The fourth-order valence-electron chi connectivity index (χ4n) is 4.03. The van der Waals surface area contributed by atoms with E-state index in [1.54, 1.807) is 7.11 Å². The highest BCUT2D eigenvalue weighted by atomic mass is 16.5. The molecule has 1 aliphatic heterocycles. The molecule has 3 nitrogen and oxygen atoms in total. The van der Waals surface area contributed by atoms with Gasteiger partial charge in [0.2, 0.25) is 0 Å². The Kier molecular flexibility index (Phi) is 2.93. The molecule has 0 radical (unpaired) electrons. The molecular weight excluding hydrogens is 276 g/mol. The van der Waals surface area contributed by atoms with E-state index in [4.69, 9.17) is 9.47 Å². The van der Waals surface area contributed by atoms with E-state index in [0.29, 0.717) is 18.8 Å². The maximum Gasteiger partial charge on any atom is 0.143 e. The topological polar surface area (TPSA) is 35.5 Å². The third-order valence-corrected chi connectivity index (χ3v) is 5.38. The summed E-state index contributed by atoms with van der Waals surface area (Å²) in [4.78, 5) is 12.4. The van der Waals surface area contributed by atoms with Gasteiger partial charge in [-0.1, -0.05) is 6.08 Å². The maximum absolute atomic E-state index is 12.4. The molecule has 0 N–H and O–H groups in total. The Morgan fingerprint density at radius 2 is 2.09 bits per heavy atom. The molecule has 0 unspecified atom stereocenters. The number of rotatable bonds is 1. The Labute approximate surface area is 130 Å². The van der Waals surface area contributed by atoms with Crippen LogP contribution in [0, 0.1) is 5.41 Å². The van der Waals surface area contributed by atoms with Crippen molar-refractivity contribution in [1.29, 1.82) is 0 Å². The Morgan fingerprint density at radius 1 is 1.23 bits per heavy atom. The molecule has 0 amide bonds. The van der Waals surface area contributed by atoms with Gasteiger partial charge in [-0.05, 0) is 55.0 Å². The van der Waals surface area contributed by atoms with Crippen LogP contribution in [0.5, 0.6) is 11.5 Å². The third-order valence-electron chi connectivity index (χ3n) is 5.38. The van der Waals surface area contributed by atoms with E-state index < -0.39 is 0 Å². The number of carbonyl (C=O) groups excluding carboxylic acids is 1. The molecule has 0 spiro atoms. The predicted molar refractivity (Wildman–Crippen MR) is 85.1 cm³/mol. The van der Waals surface area contributed by atoms with Crippen molar-refractivity contribution in [3.63, 3.8) is 0 Å². The van der Waals surface area contributed by atoms with E-state index in [-0.39, 0.29) is 5.41 Å². The normalized spacial score (nSPS) is 26.5. The Hall–Kier alpha value is -2.03. The van der Waals surface area contributed by atoms with Gasteiger partial charge in [-0.25, -0.2) is 0 Å². The monoisotopic (exact) mass is 296 g/mol. The molecule has 0 bridgehead atoms. The summed E-state index contributed by atoms with van der Waals surface area (Å²) in [6.45, 7) is 2.66. The molecule has 0 aromatic heterocycles. The van der Waals surface area contributed by atoms with Gasteiger partial charge in [0.05, 0.1) is 12.5 Å². The second-order valence-electron chi connectivity index (χ2n) is 6.52. The average molecular weight is 296 g/mol. The highest BCUT2D eigenvalue weighted by Crippen LogP contribution is 2.52. The van der Waals surface area contributed by atoms with E-state index in [1.165, 1.54) is 16.7 Å². The largest absolute Gasteiger partial charge is 0.497 e. The van der Waals surface area contributed by atoms with Crippen LogP contribution >= 0.6 is 0 Å². The number of Topliss-reactive ketones (excluding diaryl/α,β-unsaturated/α-hetero) is 1. The molecule has 0 fully saturated rings. The smallest absolute Gasteiger partial charge is 0.143 e. The van der Waals surface area contributed by atoms with Crippen molar-refractivity contribution in [2.75, 3.05) is 13.7 Å². The molecule has 1 heterocycles. The number of allylic oxidation sites excluding steroid dienone is 2. The molecule has 114 valence electrons. The molecular formula is C19H20O3. The van der Waals surface area contributed by atoms with Crippen LogP contribution in [0.4, 0.5) is 0 Å². The minimum absolute atomic E-state index is 0.301. The number of hydrogen-bond acceptors (Lipinski definition) is 3. The van der Waals surface area contributed by atoms with Crippen LogP contribution in [0.15, 0.2) is 35.4 Å². The van der Waals surface area contributed by atoms with Crippen LogP contribution < -0.4 is 9.47 Å². The molecule has 4 rings (SSSR count). The summed E-state index contributed by atoms with van der Waals surface area (Å²) < 4.78 is 11.3. The zero-order valence-electron chi connectivity index (χ0n) is 13.1. The first-order valence-electron chi connectivity index (χ1n) is 7.91. The Morgan fingerprint density at radius 3 is 2.91 bits per heavy atom. The molecule has 1 atom stereocenters. The molecule has 0 saturated heterocycles. The lowest BCUT2D eigenvalue weighted by molar-refractivity contribution is -0.126. The molecule has 2 aliphatic carbocycles. The molecule has 3 heteroatoms. The minimum Gasteiger partial charge on any atom is -0.497 e. The summed E-state index contributed by atoms with van der Waals surface area (Å²) in [7, 11) is 1.67. The first-order valence-corrected chi connectivity index (χ1v) is 7.91. The lowest BCUT2D eigenvalue weighted by Crippen LogP contribution is -2.37. The summed E-state index contributed by atoms with van der Waals surface area (Å²) in [5.41, 5.74) is 4.65.